The Hall–Kier alpha value is -1.63. The van der Waals surface area contributed by atoms with Gasteiger partial charge in [0, 0.05) is 13.6 Å². The summed E-state index contributed by atoms with van der Waals surface area (Å²) in [5.74, 6) is -1.83. The molecule has 0 aromatic rings. The minimum atomic E-state index is -1.17. The number of imide groups is 1. The number of hydrogen-bond donors (Lipinski definition) is 2. The van der Waals surface area contributed by atoms with E-state index in [2.05, 4.69) is 4.74 Å². The normalized spacial score (nSPS) is 9.47. The second kappa shape index (κ2) is 6.77. The molecule has 0 saturated heterocycles. The van der Waals surface area contributed by atoms with Crippen LogP contribution in [-0.4, -0.2) is 54.7 Å². The first kappa shape index (κ1) is 13.4. The quantitative estimate of drug-likeness (QED) is 0.634. The van der Waals surface area contributed by atoms with Crippen molar-refractivity contribution in [2.24, 2.45) is 0 Å². The molecule has 0 saturated carbocycles. The fourth-order valence-corrected chi connectivity index (χ4v) is 0.625. The van der Waals surface area contributed by atoms with Gasteiger partial charge in [-0.25, -0.2) is 9.59 Å². The number of nitrogens with one attached hydrogen (secondary N) is 1. The standard InChI is InChI=1S/C8H14N2O5/c1-3-10(2)8(14)9-6(11)4-15-5-7(12)13/h3-5H2,1-2H3,(H,12,13)(H,9,11,14). The SMILES string of the molecule is CCN(C)C(=O)NC(=O)COCC(=O)O. The van der Waals surface area contributed by atoms with Gasteiger partial charge in [0.15, 0.2) is 0 Å². The van der Waals surface area contributed by atoms with Gasteiger partial charge in [-0.15, -0.1) is 0 Å². The Balaban J connectivity index is 3.74. The summed E-state index contributed by atoms with van der Waals surface area (Å²) in [5.41, 5.74) is 0. The number of nitrogens with zero attached hydrogens (tertiary/aromatic N) is 1. The molecule has 7 nitrogen and oxygen atoms in total. The lowest BCUT2D eigenvalue weighted by molar-refractivity contribution is -0.143. The first-order valence-corrected chi connectivity index (χ1v) is 4.31. The molecule has 0 aliphatic heterocycles. The van der Waals surface area contributed by atoms with Gasteiger partial charge in [0.05, 0.1) is 0 Å². The van der Waals surface area contributed by atoms with Crippen molar-refractivity contribution in [1.29, 1.82) is 0 Å². The molecule has 0 aliphatic carbocycles. The third kappa shape index (κ3) is 6.44. The van der Waals surface area contributed by atoms with Gasteiger partial charge in [-0.3, -0.25) is 10.1 Å². The van der Waals surface area contributed by atoms with E-state index in [9.17, 15) is 14.4 Å². The molecule has 0 spiro atoms. The van der Waals surface area contributed by atoms with Crippen LogP contribution in [0.2, 0.25) is 0 Å². The number of carbonyl (C=O) groups is 3. The van der Waals surface area contributed by atoms with Crippen molar-refractivity contribution in [1.82, 2.24) is 10.2 Å². The minimum Gasteiger partial charge on any atom is -0.480 e. The topological polar surface area (TPSA) is 95.9 Å². The number of amides is 3. The highest BCUT2D eigenvalue weighted by Crippen LogP contribution is 1.83. The van der Waals surface area contributed by atoms with Crippen LogP contribution in [0.5, 0.6) is 0 Å². The molecule has 0 aromatic heterocycles. The number of hydrogen-bond acceptors (Lipinski definition) is 4. The van der Waals surface area contributed by atoms with Crippen molar-refractivity contribution in [3.05, 3.63) is 0 Å². The summed E-state index contributed by atoms with van der Waals surface area (Å²) in [6, 6.07) is -0.540. The highest BCUT2D eigenvalue weighted by atomic mass is 16.5. The van der Waals surface area contributed by atoms with Gasteiger partial charge in [-0.1, -0.05) is 0 Å². The summed E-state index contributed by atoms with van der Waals surface area (Å²) >= 11 is 0. The Morgan fingerprint density at radius 2 is 1.93 bits per heavy atom. The van der Waals surface area contributed by atoms with Crippen LogP contribution < -0.4 is 5.32 Å². The lowest BCUT2D eigenvalue weighted by Gasteiger charge is -2.14. The Morgan fingerprint density at radius 1 is 1.33 bits per heavy atom. The number of rotatable bonds is 5. The molecule has 7 heteroatoms. The average molecular weight is 218 g/mol. The van der Waals surface area contributed by atoms with Crippen LogP contribution in [0.1, 0.15) is 6.92 Å². The van der Waals surface area contributed by atoms with Crippen molar-refractivity contribution < 1.29 is 24.2 Å². The first-order chi connectivity index (χ1) is 6.97. The maximum Gasteiger partial charge on any atom is 0.329 e. The first-order valence-electron chi connectivity index (χ1n) is 4.31. The number of carboxylic acid groups (broad SMARTS) is 1. The van der Waals surface area contributed by atoms with Crippen LogP contribution in [0, 0.1) is 0 Å². The lowest BCUT2D eigenvalue weighted by Crippen LogP contribution is -2.42. The van der Waals surface area contributed by atoms with Gasteiger partial charge in [0.2, 0.25) is 0 Å². The second-order valence-corrected chi connectivity index (χ2v) is 2.75. The van der Waals surface area contributed by atoms with Gasteiger partial charge in [-0.05, 0) is 6.92 Å². The summed E-state index contributed by atoms with van der Waals surface area (Å²) in [6.45, 7) is 1.21. The Labute approximate surface area is 87.0 Å². The van der Waals surface area contributed by atoms with E-state index < -0.39 is 31.1 Å². The molecule has 0 atom stereocenters. The molecular formula is C8H14N2O5. The molecule has 0 radical (unpaired) electrons. The van der Waals surface area contributed by atoms with Crippen LogP contribution in [0.15, 0.2) is 0 Å². The molecule has 15 heavy (non-hydrogen) atoms. The van der Waals surface area contributed by atoms with Crippen LogP contribution in [0.25, 0.3) is 0 Å². The van der Waals surface area contributed by atoms with Crippen LogP contribution >= 0.6 is 0 Å². The van der Waals surface area contributed by atoms with Crippen molar-refractivity contribution in [3.63, 3.8) is 0 Å². The van der Waals surface area contributed by atoms with E-state index in [0.717, 1.165) is 0 Å². The van der Waals surface area contributed by atoms with Crippen molar-refractivity contribution in [2.45, 2.75) is 6.92 Å². The smallest absolute Gasteiger partial charge is 0.329 e. The molecule has 2 N–H and O–H groups in total. The van der Waals surface area contributed by atoms with E-state index in [1.165, 1.54) is 11.9 Å². The third-order valence-corrected chi connectivity index (χ3v) is 1.53. The monoisotopic (exact) mass is 218 g/mol. The molecule has 3 amide bonds. The van der Waals surface area contributed by atoms with Gasteiger partial charge >= 0.3 is 12.0 Å². The molecule has 0 fully saturated rings. The number of ether oxygens (including phenoxy) is 1. The minimum absolute atomic E-state index is 0.449. The average Bonchev–Trinajstić information content (AvgIpc) is 2.15. The fraction of sp³-hybridized carbons (Fsp3) is 0.625. The zero-order chi connectivity index (χ0) is 11.8. The second-order valence-electron chi connectivity index (χ2n) is 2.75. The maximum absolute atomic E-state index is 11.1. The molecule has 0 bridgehead atoms. The van der Waals surface area contributed by atoms with E-state index in [1.807, 2.05) is 5.32 Å². The third-order valence-electron chi connectivity index (χ3n) is 1.53. The molecule has 0 aliphatic rings. The highest BCUT2D eigenvalue weighted by Gasteiger charge is 2.11. The summed E-state index contributed by atoms with van der Waals surface area (Å²) in [7, 11) is 1.53. The summed E-state index contributed by atoms with van der Waals surface area (Å²) < 4.78 is 4.49. The predicted octanol–water partition coefficient (Wildman–Crippen LogP) is -0.724. The summed E-state index contributed by atoms with van der Waals surface area (Å²) in [6.07, 6.45) is 0. The van der Waals surface area contributed by atoms with Crippen molar-refractivity contribution in [2.75, 3.05) is 26.8 Å². The van der Waals surface area contributed by atoms with Gasteiger partial charge in [0.1, 0.15) is 13.2 Å². The van der Waals surface area contributed by atoms with E-state index in [-0.39, 0.29) is 0 Å². The largest absolute Gasteiger partial charge is 0.480 e. The zero-order valence-electron chi connectivity index (χ0n) is 8.65. The van der Waals surface area contributed by atoms with E-state index in [1.54, 1.807) is 6.92 Å². The van der Waals surface area contributed by atoms with Crippen molar-refractivity contribution >= 4 is 17.9 Å². The number of aliphatic carboxylic acids is 1. The molecule has 0 heterocycles. The predicted molar refractivity (Wildman–Crippen MR) is 50.3 cm³/mol. The molecule has 0 unspecified atom stereocenters. The summed E-state index contributed by atoms with van der Waals surface area (Å²) in [4.78, 5) is 33.4. The molecular weight excluding hydrogens is 204 g/mol. The van der Waals surface area contributed by atoms with Crippen LogP contribution in [0.3, 0.4) is 0 Å². The van der Waals surface area contributed by atoms with E-state index in [4.69, 9.17) is 5.11 Å². The van der Waals surface area contributed by atoms with E-state index >= 15 is 0 Å². The maximum atomic E-state index is 11.1. The Bertz CT molecular complexity index is 253. The summed E-state index contributed by atoms with van der Waals surface area (Å²) in [5, 5.41) is 10.2. The Morgan fingerprint density at radius 3 is 2.40 bits per heavy atom. The van der Waals surface area contributed by atoms with Crippen LogP contribution in [-0.2, 0) is 14.3 Å². The van der Waals surface area contributed by atoms with E-state index in [0.29, 0.717) is 6.54 Å². The zero-order valence-corrected chi connectivity index (χ0v) is 8.65. The Kier molecular flexibility index (Phi) is 6.03. The highest BCUT2D eigenvalue weighted by molar-refractivity contribution is 5.94. The molecule has 86 valence electrons. The van der Waals surface area contributed by atoms with Crippen molar-refractivity contribution in [3.8, 4) is 0 Å². The van der Waals surface area contributed by atoms with Crippen LogP contribution in [0.4, 0.5) is 4.79 Å². The van der Waals surface area contributed by atoms with Gasteiger partial charge in [-0.2, -0.15) is 0 Å². The number of carbonyl (C=O) groups excluding carboxylic acids is 2. The number of urea groups is 1. The molecule has 0 rings (SSSR count). The fourth-order valence-electron chi connectivity index (χ4n) is 0.625. The lowest BCUT2D eigenvalue weighted by atomic mass is 10.6. The van der Waals surface area contributed by atoms with Gasteiger partial charge in [0.25, 0.3) is 5.91 Å². The van der Waals surface area contributed by atoms with Gasteiger partial charge < -0.3 is 14.7 Å². The molecule has 0 aromatic carbocycles. The number of carboxylic acids is 1.